The summed E-state index contributed by atoms with van der Waals surface area (Å²) in [6.07, 6.45) is 4.70. The van der Waals surface area contributed by atoms with Crippen molar-refractivity contribution in [3.63, 3.8) is 0 Å². The molecule has 2 rings (SSSR count). The molecule has 0 aliphatic rings. The van der Waals surface area contributed by atoms with E-state index in [0.29, 0.717) is 18.1 Å². The van der Waals surface area contributed by atoms with Gasteiger partial charge in [0.25, 0.3) is 0 Å². The lowest BCUT2D eigenvalue weighted by Gasteiger charge is -2.10. The van der Waals surface area contributed by atoms with Crippen molar-refractivity contribution < 1.29 is 14.3 Å². The van der Waals surface area contributed by atoms with E-state index in [2.05, 4.69) is 10.5 Å². The highest BCUT2D eigenvalue weighted by Gasteiger charge is 2.06. The van der Waals surface area contributed by atoms with Gasteiger partial charge in [-0.1, -0.05) is 6.92 Å². The molecule has 24 heavy (non-hydrogen) atoms. The molecule has 1 heterocycles. The van der Waals surface area contributed by atoms with E-state index in [1.54, 1.807) is 13.3 Å². The molecule has 1 amide bonds. The number of hydrogen-bond acceptors (Lipinski definition) is 4. The predicted molar refractivity (Wildman–Crippen MR) is 93.6 cm³/mol. The second kappa shape index (κ2) is 8.76. The van der Waals surface area contributed by atoms with E-state index in [4.69, 9.17) is 9.47 Å². The van der Waals surface area contributed by atoms with Crippen LogP contribution in [0.4, 0.5) is 0 Å². The van der Waals surface area contributed by atoms with Gasteiger partial charge in [-0.15, -0.1) is 0 Å². The van der Waals surface area contributed by atoms with E-state index in [1.807, 2.05) is 55.1 Å². The van der Waals surface area contributed by atoms with Gasteiger partial charge in [0.1, 0.15) is 0 Å². The van der Waals surface area contributed by atoms with E-state index < -0.39 is 0 Å². The predicted octanol–water partition coefficient (Wildman–Crippen LogP) is 2.52. The summed E-state index contributed by atoms with van der Waals surface area (Å²) >= 11 is 0. The molecule has 0 aliphatic heterocycles. The normalized spacial score (nSPS) is 10.8. The second-order valence-corrected chi connectivity index (χ2v) is 5.34. The molecule has 6 heteroatoms. The van der Waals surface area contributed by atoms with Crippen LogP contribution in [0.3, 0.4) is 0 Å². The molecule has 0 unspecified atom stereocenters. The van der Waals surface area contributed by atoms with Crippen LogP contribution in [0.2, 0.25) is 0 Å². The number of methoxy groups -OCH3 is 1. The molecular formula is C18H23N3O3. The van der Waals surface area contributed by atoms with E-state index in [9.17, 15) is 4.79 Å². The Kier molecular flexibility index (Phi) is 6.42. The zero-order valence-corrected chi connectivity index (χ0v) is 14.3. The number of hydrogen-bond donors (Lipinski definition) is 1. The summed E-state index contributed by atoms with van der Waals surface area (Å²) in [4.78, 5) is 11.9. The fourth-order valence-corrected chi connectivity index (χ4v) is 2.16. The SMILES string of the molecule is CCCOc1ccc(/C=N\NC(=O)Cc2cccn2C)cc1OC. The van der Waals surface area contributed by atoms with Crippen LogP contribution in [0.15, 0.2) is 41.6 Å². The number of ether oxygens (including phenoxy) is 2. The van der Waals surface area contributed by atoms with E-state index in [1.165, 1.54) is 0 Å². The van der Waals surface area contributed by atoms with Gasteiger partial charge in [0.15, 0.2) is 11.5 Å². The van der Waals surface area contributed by atoms with Crippen LogP contribution < -0.4 is 14.9 Å². The maximum Gasteiger partial charge on any atom is 0.245 e. The lowest BCUT2D eigenvalue weighted by Crippen LogP contribution is -2.20. The largest absolute Gasteiger partial charge is 0.493 e. The Balaban J connectivity index is 1.93. The Hall–Kier alpha value is -2.76. The third kappa shape index (κ3) is 4.87. The van der Waals surface area contributed by atoms with Crippen LogP contribution in [-0.4, -0.2) is 30.4 Å². The minimum atomic E-state index is -0.164. The standard InChI is InChI=1S/C18H23N3O3/c1-4-10-24-16-8-7-14(11-17(16)23-3)13-19-20-18(22)12-15-6-5-9-21(15)2/h5-9,11,13H,4,10,12H2,1-3H3,(H,20,22)/b19-13-. The molecule has 1 aromatic carbocycles. The molecule has 0 spiro atoms. The van der Waals surface area contributed by atoms with Crippen molar-refractivity contribution in [1.29, 1.82) is 0 Å². The van der Waals surface area contributed by atoms with Crippen LogP contribution in [0.1, 0.15) is 24.6 Å². The summed E-state index contributed by atoms with van der Waals surface area (Å²) in [5.41, 5.74) is 4.28. The average molecular weight is 329 g/mol. The lowest BCUT2D eigenvalue weighted by molar-refractivity contribution is -0.120. The Bertz CT molecular complexity index is 707. The third-order valence-corrected chi connectivity index (χ3v) is 3.45. The van der Waals surface area contributed by atoms with Gasteiger partial charge >= 0.3 is 0 Å². The second-order valence-electron chi connectivity index (χ2n) is 5.34. The van der Waals surface area contributed by atoms with Gasteiger partial charge in [0.2, 0.25) is 5.91 Å². The molecule has 6 nitrogen and oxygen atoms in total. The van der Waals surface area contributed by atoms with Crippen LogP contribution in [0, 0.1) is 0 Å². The number of amides is 1. The molecule has 0 aliphatic carbocycles. The summed E-state index contributed by atoms with van der Waals surface area (Å²) in [5, 5.41) is 3.99. The maximum atomic E-state index is 11.9. The molecule has 0 saturated heterocycles. The lowest BCUT2D eigenvalue weighted by atomic mass is 10.2. The fourth-order valence-electron chi connectivity index (χ4n) is 2.16. The minimum absolute atomic E-state index is 0.164. The molecule has 0 fully saturated rings. The Labute approximate surface area is 142 Å². The van der Waals surface area contributed by atoms with Gasteiger partial charge in [-0.05, 0) is 42.3 Å². The minimum Gasteiger partial charge on any atom is -0.493 e. The smallest absolute Gasteiger partial charge is 0.245 e. The van der Waals surface area contributed by atoms with Crippen molar-refractivity contribution in [2.24, 2.45) is 12.1 Å². The van der Waals surface area contributed by atoms with E-state index in [0.717, 1.165) is 17.7 Å². The van der Waals surface area contributed by atoms with Crippen LogP contribution in [0.25, 0.3) is 0 Å². The fraction of sp³-hybridized carbons (Fsp3) is 0.333. The average Bonchev–Trinajstić information content (AvgIpc) is 2.98. The number of benzene rings is 1. The van der Waals surface area contributed by atoms with Crippen molar-refractivity contribution in [2.45, 2.75) is 19.8 Å². The van der Waals surface area contributed by atoms with Crippen LogP contribution in [-0.2, 0) is 18.3 Å². The van der Waals surface area contributed by atoms with E-state index >= 15 is 0 Å². The Morgan fingerprint density at radius 3 is 2.83 bits per heavy atom. The number of aryl methyl sites for hydroxylation is 1. The monoisotopic (exact) mass is 329 g/mol. The number of carbonyl (C=O) groups is 1. The number of aromatic nitrogens is 1. The Morgan fingerprint density at radius 2 is 2.17 bits per heavy atom. The van der Waals surface area contributed by atoms with Gasteiger partial charge in [-0.25, -0.2) is 5.43 Å². The first-order valence-corrected chi connectivity index (χ1v) is 7.87. The molecular weight excluding hydrogens is 306 g/mol. The van der Waals surface area contributed by atoms with Crippen molar-refractivity contribution in [2.75, 3.05) is 13.7 Å². The summed E-state index contributed by atoms with van der Waals surface area (Å²) in [6.45, 7) is 2.69. The Morgan fingerprint density at radius 1 is 1.33 bits per heavy atom. The summed E-state index contributed by atoms with van der Waals surface area (Å²) in [5.74, 6) is 1.18. The topological polar surface area (TPSA) is 64.8 Å². The maximum absolute atomic E-state index is 11.9. The van der Waals surface area contributed by atoms with Gasteiger partial charge in [-0.2, -0.15) is 5.10 Å². The summed E-state index contributed by atoms with van der Waals surface area (Å²) in [7, 11) is 3.50. The van der Waals surface area contributed by atoms with Gasteiger partial charge in [-0.3, -0.25) is 4.79 Å². The quantitative estimate of drug-likeness (QED) is 0.598. The number of carbonyl (C=O) groups excluding carboxylic acids is 1. The molecule has 2 aromatic rings. The first kappa shape index (κ1) is 17.6. The van der Waals surface area contributed by atoms with Crippen molar-refractivity contribution in [3.8, 4) is 11.5 Å². The highest BCUT2D eigenvalue weighted by molar-refractivity contribution is 5.83. The van der Waals surface area contributed by atoms with Crippen molar-refractivity contribution >= 4 is 12.1 Å². The molecule has 1 N–H and O–H groups in total. The van der Waals surface area contributed by atoms with E-state index in [-0.39, 0.29) is 12.3 Å². The number of nitrogens with one attached hydrogen (secondary N) is 1. The zero-order chi connectivity index (χ0) is 17.4. The summed E-state index contributed by atoms with van der Waals surface area (Å²) in [6, 6.07) is 9.32. The molecule has 0 radical (unpaired) electrons. The number of nitrogens with zero attached hydrogens (tertiary/aromatic N) is 2. The third-order valence-electron chi connectivity index (χ3n) is 3.45. The summed E-state index contributed by atoms with van der Waals surface area (Å²) < 4.78 is 12.8. The van der Waals surface area contributed by atoms with Crippen molar-refractivity contribution in [1.82, 2.24) is 9.99 Å². The van der Waals surface area contributed by atoms with Crippen LogP contribution in [0.5, 0.6) is 11.5 Å². The molecule has 0 bridgehead atoms. The van der Waals surface area contributed by atoms with Gasteiger partial charge in [0.05, 0.1) is 26.4 Å². The highest BCUT2D eigenvalue weighted by atomic mass is 16.5. The molecule has 0 saturated carbocycles. The molecule has 128 valence electrons. The zero-order valence-electron chi connectivity index (χ0n) is 14.3. The first-order chi connectivity index (χ1) is 11.6. The van der Waals surface area contributed by atoms with Crippen LogP contribution >= 0.6 is 0 Å². The molecule has 1 aromatic heterocycles. The van der Waals surface area contributed by atoms with Crippen molar-refractivity contribution in [3.05, 3.63) is 47.8 Å². The number of hydrazone groups is 1. The molecule has 0 atom stereocenters. The highest BCUT2D eigenvalue weighted by Crippen LogP contribution is 2.27. The van der Waals surface area contributed by atoms with Gasteiger partial charge < -0.3 is 14.0 Å². The van der Waals surface area contributed by atoms with Gasteiger partial charge in [0, 0.05) is 18.9 Å². The first-order valence-electron chi connectivity index (χ1n) is 7.87. The number of rotatable bonds is 8.